The van der Waals surface area contributed by atoms with Gasteiger partial charge in [0.1, 0.15) is 6.61 Å². The maximum Gasteiger partial charge on any atom is 0.472 e. The fourth-order valence-electron chi connectivity index (χ4n) is 5.29. The van der Waals surface area contributed by atoms with Crippen LogP contribution in [0.3, 0.4) is 0 Å². The molecule has 4 atom stereocenters. The van der Waals surface area contributed by atoms with Gasteiger partial charge in [0.25, 0.3) is 0 Å². The Hall–Kier alpha value is -3.15. The van der Waals surface area contributed by atoms with Gasteiger partial charge in [-0.1, -0.05) is 130 Å². The molecule has 0 rings (SSSR count). The van der Waals surface area contributed by atoms with Gasteiger partial charge >= 0.3 is 19.8 Å². The minimum Gasteiger partial charge on any atom is -0.462 e. The number of nitrogens with two attached hydrogens (primary N) is 1. The molecule has 3 unspecified atom stereocenters. The van der Waals surface area contributed by atoms with E-state index >= 15 is 0 Å². The molecule has 12 heteroatoms. The standard InChI is InChI=1S/C47H78NO10P/c1-3-5-7-9-11-13-15-17-18-19-20-21-22-23-25-27-29-31-33-37-46(51)55-41-43(42-57-59(53,54)56-40-39-48)58-47(52)38-34-36-45(50)44(49)35-32-30-28-26-24-16-14-12-10-8-6-4-2/h5,7,11-14,17-18,20-21,23-26,30,32,43-45,49-50H,3-4,6,8-10,15-16,19,22,27-29,31,33-42,48H2,1-2H3,(H,53,54)/b7-5-,13-11-,14-12-,18-17-,21-20-,25-23-,26-24-,32-30-/t43-,44?,45?/m1/s1. The zero-order chi connectivity index (χ0) is 43.5. The molecule has 0 aromatic heterocycles. The fourth-order valence-corrected chi connectivity index (χ4v) is 6.06. The number of aliphatic hydroxyl groups is 2. The number of carbonyl (C=O) groups is 2. The molecule has 0 heterocycles. The molecule has 0 aliphatic carbocycles. The topological polar surface area (TPSA) is 175 Å². The van der Waals surface area contributed by atoms with Crippen molar-refractivity contribution < 1.29 is 47.8 Å². The van der Waals surface area contributed by atoms with Gasteiger partial charge in [0.2, 0.25) is 0 Å². The molecule has 0 saturated heterocycles. The third-order valence-electron chi connectivity index (χ3n) is 8.65. The molecule has 336 valence electrons. The Labute approximate surface area is 356 Å². The third-order valence-corrected chi connectivity index (χ3v) is 9.64. The Morgan fingerprint density at radius 1 is 0.593 bits per heavy atom. The van der Waals surface area contributed by atoms with Gasteiger partial charge in [-0.25, -0.2) is 4.57 Å². The quantitative estimate of drug-likeness (QED) is 0.0200. The average Bonchev–Trinajstić information content (AvgIpc) is 3.22. The number of phosphoric acid groups is 1. The molecule has 59 heavy (non-hydrogen) atoms. The van der Waals surface area contributed by atoms with E-state index in [1.165, 1.54) is 19.3 Å². The van der Waals surface area contributed by atoms with Crippen molar-refractivity contribution in [2.45, 2.75) is 161 Å². The van der Waals surface area contributed by atoms with E-state index < -0.39 is 44.7 Å². The van der Waals surface area contributed by atoms with Crippen molar-refractivity contribution in [2.24, 2.45) is 5.73 Å². The van der Waals surface area contributed by atoms with Gasteiger partial charge in [-0.05, 0) is 96.3 Å². The second-order valence-corrected chi connectivity index (χ2v) is 15.6. The van der Waals surface area contributed by atoms with Crippen LogP contribution in [0.5, 0.6) is 0 Å². The summed E-state index contributed by atoms with van der Waals surface area (Å²) in [5.41, 5.74) is 5.33. The van der Waals surface area contributed by atoms with E-state index in [9.17, 15) is 29.3 Å². The Balaban J connectivity index is 4.48. The Bertz CT molecular complexity index is 1320. The Morgan fingerprint density at radius 3 is 1.64 bits per heavy atom. The zero-order valence-corrected chi connectivity index (χ0v) is 37.1. The molecule has 0 amide bonds. The first-order chi connectivity index (χ1) is 28.6. The lowest BCUT2D eigenvalue weighted by atomic mass is 10.0. The van der Waals surface area contributed by atoms with E-state index in [4.69, 9.17) is 24.3 Å². The summed E-state index contributed by atoms with van der Waals surface area (Å²) >= 11 is 0. The van der Waals surface area contributed by atoms with Crippen molar-refractivity contribution >= 4 is 19.8 Å². The minimum atomic E-state index is -4.47. The molecule has 0 spiro atoms. The van der Waals surface area contributed by atoms with Gasteiger partial charge in [0.05, 0.1) is 25.4 Å². The van der Waals surface area contributed by atoms with Crippen LogP contribution in [0.4, 0.5) is 0 Å². The van der Waals surface area contributed by atoms with Crippen molar-refractivity contribution in [1.82, 2.24) is 0 Å². The van der Waals surface area contributed by atoms with Crippen molar-refractivity contribution in [3.8, 4) is 0 Å². The number of carbonyl (C=O) groups excluding carboxylic acids is 2. The lowest BCUT2D eigenvalue weighted by Gasteiger charge is -2.20. The summed E-state index contributed by atoms with van der Waals surface area (Å²) in [5, 5.41) is 20.7. The highest BCUT2D eigenvalue weighted by atomic mass is 31.2. The number of esters is 2. The monoisotopic (exact) mass is 848 g/mol. The van der Waals surface area contributed by atoms with Crippen molar-refractivity contribution in [1.29, 1.82) is 0 Å². The molecule has 0 aliphatic rings. The average molecular weight is 848 g/mol. The van der Waals surface area contributed by atoms with E-state index in [1.807, 2.05) is 12.2 Å². The number of hydrogen-bond donors (Lipinski definition) is 4. The predicted octanol–water partition coefficient (Wildman–Crippen LogP) is 10.5. The lowest BCUT2D eigenvalue weighted by molar-refractivity contribution is -0.161. The molecule has 11 nitrogen and oxygen atoms in total. The number of hydrogen-bond acceptors (Lipinski definition) is 10. The number of phosphoric ester groups is 1. The van der Waals surface area contributed by atoms with E-state index in [0.29, 0.717) is 6.42 Å². The van der Waals surface area contributed by atoms with Crippen LogP contribution in [0.2, 0.25) is 0 Å². The van der Waals surface area contributed by atoms with Crippen LogP contribution in [0.25, 0.3) is 0 Å². The number of unbranched alkanes of at least 4 members (excludes halogenated alkanes) is 6. The van der Waals surface area contributed by atoms with Crippen molar-refractivity contribution in [3.63, 3.8) is 0 Å². The molecule has 0 aromatic rings. The van der Waals surface area contributed by atoms with Crippen LogP contribution in [0.1, 0.15) is 142 Å². The largest absolute Gasteiger partial charge is 0.472 e. The first-order valence-electron chi connectivity index (χ1n) is 21.9. The predicted molar refractivity (Wildman–Crippen MR) is 240 cm³/mol. The summed E-state index contributed by atoms with van der Waals surface area (Å²) in [4.78, 5) is 34.9. The van der Waals surface area contributed by atoms with Crippen LogP contribution >= 0.6 is 7.82 Å². The maximum atomic E-state index is 12.6. The van der Waals surface area contributed by atoms with E-state index in [1.54, 1.807) is 0 Å². The Kier molecular flexibility index (Phi) is 39.4. The van der Waals surface area contributed by atoms with Crippen LogP contribution in [-0.2, 0) is 32.7 Å². The SMILES string of the molecule is CC/C=C\C/C=C\C/C=C\C/C=C\C/C=C\CCCCCC(=O)OC[C@H](COP(=O)(O)OCCN)OC(=O)CCCC(O)C(O)C/C=C\C/C=C\C/C=C\CCCCC. The van der Waals surface area contributed by atoms with Crippen LogP contribution in [0, 0.1) is 0 Å². The van der Waals surface area contributed by atoms with Gasteiger partial charge in [-0.3, -0.25) is 18.6 Å². The number of rotatable bonds is 39. The van der Waals surface area contributed by atoms with Gasteiger partial charge < -0.3 is 30.3 Å². The van der Waals surface area contributed by atoms with Crippen LogP contribution < -0.4 is 5.73 Å². The molecular formula is C47H78NO10P. The molecular weight excluding hydrogens is 769 g/mol. The molecule has 0 radical (unpaired) electrons. The van der Waals surface area contributed by atoms with Gasteiger partial charge in [-0.15, -0.1) is 0 Å². The van der Waals surface area contributed by atoms with Crippen LogP contribution in [-0.4, -0.2) is 71.7 Å². The summed E-state index contributed by atoms with van der Waals surface area (Å²) in [5.74, 6) is -1.16. The van der Waals surface area contributed by atoms with E-state index in [0.717, 1.165) is 70.6 Å². The molecule has 0 aliphatic heterocycles. The first kappa shape index (κ1) is 55.9. The molecule has 0 aromatic carbocycles. The fraction of sp³-hybridized carbons (Fsp3) is 0.617. The first-order valence-corrected chi connectivity index (χ1v) is 23.4. The molecule has 0 bridgehead atoms. The van der Waals surface area contributed by atoms with Gasteiger partial charge in [0, 0.05) is 19.4 Å². The summed E-state index contributed by atoms with van der Waals surface area (Å²) in [7, 11) is -4.47. The summed E-state index contributed by atoms with van der Waals surface area (Å²) in [6.07, 6.45) is 46.1. The van der Waals surface area contributed by atoms with Crippen molar-refractivity contribution in [3.05, 3.63) is 97.2 Å². The Morgan fingerprint density at radius 2 is 1.10 bits per heavy atom. The smallest absolute Gasteiger partial charge is 0.462 e. The highest BCUT2D eigenvalue weighted by molar-refractivity contribution is 7.47. The highest BCUT2D eigenvalue weighted by Gasteiger charge is 2.26. The second-order valence-electron chi connectivity index (χ2n) is 14.1. The summed E-state index contributed by atoms with van der Waals surface area (Å²) < 4.78 is 32.5. The maximum absolute atomic E-state index is 12.6. The van der Waals surface area contributed by atoms with Crippen molar-refractivity contribution in [2.75, 3.05) is 26.4 Å². The second kappa shape index (κ2) is 41.6. The highest BCUT2D eigenvalue weighted by Crippen LogP contribution is 2.43. The van der Waals surface area contributed by atoms with Gasteiger partial charge in [-0.2, -0.15) is 0 Å². The lowest BCUT2D eigenvalue weighted by Crippen LogP contribution is -2.30. The van der Waals surface area contributed by atoms with E-state index in [-0.39, 0.29) is 51.9 Å². The minimum absolute atomic E-state index is 0.00218. The van der Waals surface area contributed by atoms with E-state index in [2.05, 4.69) is 98.9 Å². The third kappa shape index (κ3) is 40.0. The zero-order valence-electron chi connectivity index (χ0n) is 36.2. The molecule has 0 fully saturated rings. The number of ether oxygens (including phenoxy) is 2. The molecule has 0 saturated carbocycles. The van der Waals surface area contributed by atoms with Gasteiger partial charge in [0.15, 0.2) is 6.10 Å². The summed E-state index contributed by atoms with van der Waals surface area (Å²) in [6, 6.07) is 0. The summed E-state index contributed by atoms with van der Waals surface area (Å²) in [6.45, 7) is 3.18. The number of allylic oxidation sites excluding steroid dienone is 15. The normalized spacial score (nSPS) is 15.3. The van der Waals surface area contributed by atoms with Crippen LogP contribution in [0.15, 0.2) is 97.2 Å². The molecule has 5 N–H and O–H groups in total. The number of aliphatic hydroxyl groups excluding tert-OH is 2.